The number of hydrogen-bond acceptors (Lipinski definition) is 7. The monoisotopic (exact) mass is 457 g/mol. The second-order valence-electron chi connectivity index (χ2n) is 7.32. The van der Waals surface area contributed by atoms with Gasteiger partial charge in [-0.1, -0.05) is 0 Å². The highest BCUT2D eigenvalue weighted by Gasteiger charge is 2.36. The van der Waals surface area contributed by atoms with Crippen molar-refractivity contribution in [1.29, 1.82) is 0 Å². The molecule has 0 radical (unpaired) electrons. The van der Waals surface area contributed by atoms with Crippen molar-refractivity contribution in [3.05, 3.63) is 53.2 Å². The Morgan fingerprint density at radius 2 is 2.00 bits per heavy atom. The van der Waals surface area contributed by atoms with E-state index in [0.717, 1.165) is 5.56 Å². The number of nitrogens with zero attached hydrogens (tertiary/aromatic N) is 2. The first kappa shape index (κ1) is 21.7. The van der Waals surface area contributed by atoms with Crippen molar-refractivity contribution in [3.63, 3.8) is 0 Å². The van der Waals surface area contributed by atoms with E-state index in [9.17, 15) is 18.3 Å². The summed E-state index contributed by atoms with van der Waals surface area (Å²) in [5.74, 6) is 0.360. The minimum Gasteiger partial charge on any atom is -0.505 e. The van der Waals surface area contributed by atoms with Crippen LogP contribution >= 0.6 is 0 Å². The fraction of sp³-hybridized carbons (Fsp3) is 0.273. The predicted octanol–water partition coefficient (Wildman–Crippen LogP) is 2.88. The molecule has 0 saturated carbocycles. The summed E-state index contributed by atoms with van der Waals surface area (Å²) in [6.45, 7) is 1.84. The summed E-state index contributed by atoms with van der Waals surface area (Å²) in [5.41, 5.74) is 1.64. The molecule has 0 saturated heterocycles. The number of amides is 1. The van der Waals surface area contributed by atoms with Crippen molar-refractivity contribution < 1.29 is 27.8 Å². The molecule has 0 fully saturated rings. The number of benzene rings is 2. The molecular weight excluding hydrogens is 434 g/mol. The number of pyridine rings is 1. The molecule has 168 valence electrons. The highest BCUT2D eigenvalue weighted by Crippen LogP contribution is 2.43. The normalized spacial score (nSPS) is 13.3. The third-order valence-corrected chi connectivity index (χ3v) is 6.76. The SMILES string of the molecule is CCS(=O)(=O)Nc1c2c(c(O)c3ncccc13)C(=O)N(Cc1ccc(OC)cc1OC)C2. The van der Waals surface area contributed by atoms with E-state index < -0.39 is 15.9 Å². The van der Waals surface area contributed by atoms with E-state index in [1.807, 2.05) is 0 Å². The predicted molar refractivity (Wildman–Crippen MR) is 120 cm³/mol. The van der Waals surface area contributed by atoms with E-state index in [0.29, 0.717) is 22.4 Å². The zero-order valence-electron chi connectivity index (χ0n) is 17.9. The number of carbonyl (C=O) groups is 1. The van der Waals surface area contributed by atoms with Crippen molar-refractivity contribution in [3.8, 4) is 17.2 Å². The lowest BCUT2D eigenvalue weighted by molar-refractivity contribution is 0.0763. The lowest BCUT2D eigenvalue weighted by Gasteiger charge is -2.18. The van der Waals surface area contributed by atoms with Crippen molar-refractivity contribution >= 4 is 32.5 Å². The van der Waals surface area contributed by atoms with Gasteiger partial charge < -0.3 is 19.5 Å². The molecule has 1 aliphatic rings. The van der Waals surface area contributed by atoms with Crippen LogP contribution in [0.3, 0.4) is 0 Å². The second kappa shape index (κ2) is 8.19. The number of sulfonamides is 1. The van der Waals surface area contributed by atoms with E-state index in [-0.39, 0.29) is 41.4 Å². The Morgan fingerprint density at radius 3 is 2.69 bits per heavy atom. The van der Waals surface area contributed by atoms with E-state index in [1.54, 1.807) is 37.4 Å². The molecule has 10 heteroatoms. The van der Waals surface area contributed by atoms with Crippen LogP contribution in [0.1, 0.15) is 28.4 Å². The van der Waals surface area contributed by atoms with Gasteiger partial charge in [-0.25, -0.2) is 8.42 Å². The molecule has 0 atom stereocenters. The average Bonchev–Trinajstić information content (AvgIpc) is 3.13. The van der Waals surface area contributed by atoms with Gasteiger partial charge in [0.25, 0.3) is 5.91 Å². The Balaban J connectivity index is 1.81. The van der Waals surface area contributed by atoms with Gasteiger partial charge in [0.15, 0.2) is 5.75 Å². The van der Waals surface area contributed by atoms with Gasteiger partial charge in [0.05, 0.1) is 31.2 Å². The quantitative estimate of drug-likeness (QED) is 0.524. The maximum absolute atomic E-state index is 13.3. The van der Waals surface area contributed by atoms with Crippen molar-refractivity contribution in [2.75, 3.05) is 24.7 Å². The summed E-state index contributed by atoms with van der Waals surface area (Å²) < 4.78 is 38.0. The fourth-order valence-corrected chi connectivity index (χ4v) is 4.50. The number of carbonyl (C=O) groups excluding carboxylic acids is 1. The molecule has 4 rings (SSSR count). The van der Waals surface area contributed by atoms with Gasteiger partial charge in [-0.2, -0.15) is 0 Å². The van der Waals surface area contributed by atoms with Gasteiger partial charge >= 0.3 is 0 Å². The maximum Gasteiger partial charge on any atom is 0.258 e. The molecule has 0 aliphatic carbocycles. The van der Waals surface area contributed by atoms with Gasteiger partial charge in [-0.3, -0.25) is 14.5 Å². The van der Waals surface area contributed by atoms with Crippen LogP contribution in [-0.2, 0) is 23.1 Å². The summed E-state index contributed by atoms with van der Waals surface area (Å²) in [4.78, 5) is 19.0. The number of methoxy groups -OCH3 is 2. The molecule has 2 aromatic carbocycles. The van der Waals surface area contributed by atoms with Crippen molar-refractivity contribution in [1.82, 2.24) is 9.88 Å². The van der Waals surface area contributed by atoms with E-state index >= 15 is 0 Å². The van der Waals surface area contributed by atoms with Crippen LogP contribution in [0.25, 0.3) is 10.9 Å². The summed E-state index contributed by atoms with van der Waals surface area (Å²) in [6, 6.07) is 8.60. The van der Waals surface area contributed by atoms with Crippen LogP contribution in [0.5, 0.6) is 17.2 Å². The molecule has 1 aromatic heterocycles. The molecule has 3 aromatic rings. The molecule has 2 heterocycles. The maximum atomic E-state index is 13.3. The Bertz CT molecular complexity index is 1320. The summed E-state index contributed by atoms with van der Waals surface area (Å²) >= 11 is 0. The van der Waals surface area contributed by atoms with Gasteiger partial charge in [-0.15, -0.1) is 0 Å². The number of rotatable bonds is 7. The molecule has 0 spiro atoms. The van der Waals surface area contributed by atoms with E-state index in [4.69, 9.17) is 9.47 Å². The fourth-order valence-electron chi connectivity index (χ4n) is 3.81. The molecule has 0 bridgehead atoms. The Kier molecular flexibility index (Phi) is 5.55. The van der Waals surface area contributed by atoms with Gasteiger partial charge in [0.2, 0.25) is 10.0 Å². The number of nitrogens with one attached hydrogen (secondary N) is 1. The summed E-state index contributed by atoms with van der Waals surface area (Å²) in [5, 5.41) is 11.3. The molecule has 1 aliphatic heterocycles. The Morgan fingerprint density at radius 1 is 1.22 bits per heavy atom. The number of aromatic hydroxyl groups is 1. The van der Waals surface area contributed by atoms with Crippen LogP contribution < -0.4 is 14.2 Å². The van der Waals surface area contributed by atoms with Gasteiger partial charge in [0, 0.05) is 41.9 Å². The van der Waals surface area contributed by atoms with Crippen LogP contribution in [0, 0.1) is 0 Å². The zero-order chi connectivity index (χ0) is 23.0. The van der Waals surface area contributed by atoms with E-state index in [1.165, 1.54) is 25.1 Å². The standard InChI is InChI=1S/C22H23N3O6S/c1-4-32(28,29)24-19-15-6-5-9-23-20(15)21(26)18-16(19)12-25(22(18)27)11-13-7-8-14(30-2)10-17(13)31-3/h5-10,24,26H,4,11-12H2,1-3H3. The number of phenols is 1. The number of aromatic nitrogens is 1. The number of hydrogen-bond donors (Lipinski definition) is 2. The Hall–Kier alpha value is -3.53. The van der Waals surface area contributed by atoms with Crippen molar-refractivity contribution in [2.24, 2.45) is 0 Å². The van der Waals surface area contributed by atoms with Crippen molar-refractivity contribution in [2.45, 2.75) is 20.0 Å². The topological polar surface area (TPSA) is 118 Å². The molecule has 1 amide bonds. The second-order valence-corrected chi connectivity index (χ2v) is 9.33. The lowest BCUT2D eigenvalue weighted by atomic mass is 10.0. The third kappa shape index (κ3) is 3.66. The number of ether oxygens (including phenoxy) is 2. The molecule has 32 heavy (non-hydrogen) atoms. The summed E-state index contributed by atoms with van der Waals surface area (Å²) in [6.07, 6.45) is 1.48. The molecule has 9 nitrogen and oxygen atoms in total. The minimum absolute atomic E-state index is 0.0532. The summed E-state index contributed by atoms with van der Waals surface area (Å²) in [7, 11) is -0.554. The largest absolute Gasteiger partial charge is 0.505 e. The molecule has 0 unspecified atom stereocenters. The number of phenolic OH excluding ortho intramolecular Hbond substituents is 1. The van der Waals surface area contributed by atoms with Gasteiger partial charge in [0.1, 0.15) is 17.0 Å². The number of fused-ring (bicyclic) bond motifs is 2. The van der Waals surface area contributed by atoms with E-state index in [2.05, 4.69) is 9.71 Å². The highest BCUT2D eigenvalue weighted by atomic mass is 32.2. The Labute approximate surface area is 185 Å². The first-order valence-corrected chi connectivity index (χ1v) is 11.6. The van der Waals surface area contributed by atoms with Crippen LogP contribution in [-0.4, -0.2) is 49.3 Å². The van der Waals surface area contributed by atoms with Crippen LogP contribution in [0.4, 0.5) is 5.69 Å². The average molecular weight is 458 g/mol. The van der Waals surface area contributed by atoms with Gasteiger partial charge in [-0.05, 0) is 31.2 Å². The van der Waals surface area contributed by atoms with Crippen LogP contribution in [0.15, 0.2) is 36.5 Å². The number of anilines is 1. The highest BCUT2D eigenvalue weighted by molar-refractivity contribution is 7.92. The minimum atomic E-state index is -3.63. The first-order chi connectivity index (χ1) is 15.3. The first-order valence-electron chi connectivity index (χ1n) is 9.92. The zero-order valence-corrected chi connectivity index (χ0v) is 18.7. The molecular formula is C22H23N3O6S. The lowest BCUT2D eigenvalue weighted by Crippen LogP contribution is -2.23. The molecule has 2 N–H and O–H groups in total. The van der Waals surface area contributed by atoms with Crippen LogP contribution in [0.2, 0.25) is 0 Å². The smallest absolute Gasteiger partial charge is 0.258 e. The third-order valence-electron chi connectivity index (χ3n) is 5.48.